The minimum Gasteiger partial charge on any atom is -1.00 e. The zero-order valence-corrected chi connectivity index (χ0v) is 12.1. The highest BCUT2D eigenvalue weighted by molar-refractivity contribution is 5.96. The van der Waals surface area contributed by atoms with E-state index in [1.807, 2.05) is 53.2 Å². The van der Waals surface area contributed by atoms with Crippen molar-refractivity contribution in [3.8, 4) is 0 Å². The molecule has 0 aliphatic rings. The highest BCUT2D eigenvalue weighted by Crippen LogP contribution is 2.02. The van der Waals surface area contributed by atoms with Crippen LogP contribution in [0, 0.1) is 6.92 Å². The van der Waals surface area contributed by atoms with E-state index in [0.29, 0.717) is 4.59 Å². The average Bonchev–Trinajstić information content (AvgIpc) is 2.01. The number of quaternary nitrogens is 1. The van der Waals surface area contributed by atoms with Crippen molar-refractivity contribution in [3.05, 3.63) is 29.6 Å². The van der Waals surface area contributed by atoms with E-state index in [2.05, 4.69) is 10.1 Å². The maximum Gasteiger partial charge on any atom is 0.118 e. The van der Waals surface area contributed by atoms with E-state index in [9.17, 15) is 0 Å². The lowest BCUT2D eigenvalue weighted by atomic mass is 10.2. The lowest BCUT2D eigenvalue weighted by Gasteiger charge is -2.16. The van der Waals surface area contributed by atoms with Crippen molar-refractivity contribution in [2.75, 3.05) is 21.1 Å². The number of hydrogen-bond acceptors (Lipinski definition) is 2. The van der Waals surface area contributed by atoms with Crippen LogP contribution in [0.25, 0.3) is 0 Å². The molecule has 0 bridgehead atoms. The normalized spacial score (nSPS) is 12.2. The maximum atomic E-state index is 4.51. The van der Waals surface area contributed by atoms with Crippen LogP contribution in [0.15, 0.2) is 23.3 Å². The van der Waals surface area contributed by atoms with E-state index in [1.165, 1.54) is 0 Å². The Bertz CT molecular complexity index is 353. The molecule has 0 atom stereocenters. The molecule has 0 fully saturated rings. The Morgan fingerprint density at radius 1 is 1.27 bits per heavy atom. The minimum atomic E-state index is 0. The highest BCUT2D eigenvalue weighted by atomic mass is 127. The van der Waals surface area contributed by atoms with Gasteiger partial charge >= 0.3 is 0 Å². The zero-order chi connectivity index (χ0) is 10.8. The van der Waals surface area contributed by atoms with Gasteiger partial charge in [0, 0.05) is 5.69 Å². The SMILES string of the molecule is CC(=N[N+](C)(C)C)c1cccc(C)n1.[I-]. The first-order valence-electron chi connectivity index (χ1n) is 4.71. The van der Waals surface area contributed by atoms with Crippen LogP contribution < -0.4 is 24.0 Å². The number of aryl methyl sites for hydroxylation is 1. The van der Waals surface area contributed by atoms with Gasteiger partial charge in [-0.3, -0.25) is 4.98 Å². The van der Waals surface area contributed by atoms with Crippen LogP contribution in [0.3, 0.4) is 0 Å². The summed E-state index contributed by atoms with van der Waals surface area (Å²) >= 11 is 0. The van der Waals surface area contributed by atoms with E-state index in [-0.39, 0.29) is 24.0 Å². The van der Waals surface area contributed by atoms with Crippen molar-refractivity contribution >= 4 is 5.71 Å². The van der Waals surface area contributed by atoms with Gasteiger partial charge in [0.1, 0.15) is 5.71 Å². The van der Waals surface area contributed by atoms with Crippen LogP contribution in [0.4, 0.5) is 0 Å². The third-order valence-corrected chi connectivity index (χ3v) is 1.71. The van der Waals surface area contributed by atoms with Gasteiger partial charge in [-0.1, -0.05) is 11.2 Å². The lowest BCUT2D eigenvalue weighted by Crippen LogP contribution is -3.00. The molecule has 1 aromatic rings. The van der Waals surface area contributed by atoms with Gasteiger partial charge in [-0.25, -0.2) is 4.59 Å². The molecule has 1 aromatic heterocycles. The van der Waals surface area contributed by atoms with Crippen molar-refractivity contribution in [2.45, 2.75) is 13.8 Å². The fourth-order valence-electron chi connectivity index (χ4n) is 1.25. The second-order valence-electron chi connectivity index (χ2n) is 4.29. The molecule has 0 spiro atoms. The Balaban J connectivity index is 0.00000196. The molecule has 0 aliphatic carbocycles. The quantitative estimate of drug-likeness (QED) is 0.292. The van der Waals surface area contributed by atoms with E-state index in [0.717, 1.165) is 17.1 Å². The fourth-order valence-corrected chi connectivity index (χ4v) is 1.25. The standard InChI is InChI=1S/C11H18N3.HI/c1-9-7-6-8-11(12-9)10(2)13-14(3,4)5;/h6-8H,1-5H3;1H/q+1;/p-1. The molecule has 0 unspecified atom stereocenters. The van der Waals surface area contributed by atoms with Crippen molar-refractivity contribution in [1.82, 2.24) is 4.98 Å². The molecule has 0 aliphatic heterocycles. The molecule has 0 radical (unpaired) electrons. The molecule has 4 heteroatoms. The zero-order valence-electron chi connectivity index (χ0n) is 9.95. The molecule has 0 saturated heterocycles. The monoisotopic (exact) mass is 319 g/mol. The van der Waals surface area contributed by atoms with E-state index >= 15 is 0 Å². The Morgan fingerprint density at radius 2 is 1.87 bits per heavy atom. The number of nitrogens with zero attached hydrogens (tertiary/aromatic N) is 3. The van der Waals surface area contributed by atoms with Crippen molar-refractivity contribution in [3.63, 3.8) is 0 Å². The van der Waals surface area contributed by atoms with E-state index in [1.54, 1.807) is 0 Å². The summed E-state index contributed by atoms with van der Waals surface area (Å²) in [6.07, 6.45) is 0. The second-order valence-corrected chi connectivity index (χ2v) is 4.29. The van der Waals surface area contributed by atoms with Crippen LogP contribution in [-0.4, -0.2) is 36.4 Å². The summed E-state index contributed by atoms with van der Waals surface area (Å²) in [6.45, 7) is 3.98. The maximum absolute atomic E-state index is 4.51. The molecular weight excluding hydrogens is 301 g/mol. The molecule has 0 amide bonds. The van der Waals surface area contributed by atoms with Gasteiger partial charge in [0.2, 0.25) is 0 Å². The van der Waals surface area contributed by atoms with Crippen molar-refractivity contribution < 1.29 is 28.6 Å². The molecule has 1 rings (SSSR count). The predicted octanol–water partition coefficient (Wildman–Crippen LogP) is -1.18. The second kappa shape index (κ2) is 5.55. The molecular formula is C11H18IN3. The van der Waals surface area contributed by atoms with Gasteiger partial charge in [-0.2, -0.15) is 0 Å². The van der Waals surface area contributed by atoms with Crippen LogP contribution in [-0.2, 0) is 0 Å². The predicted molar refractivity (Wildman–Crippen MR) is 59.2 cm³/mol. The summed E-state index contributed by atoms with van der Waals surface area (Å²) in [5.41, 5.74) is 2.96. The average molecular weight is 319 g/mol. The van der Waals surface area contributed by atoms with Gasteiger partial charge in [0.05, 0.1) is 26.8 Å². The smallest absolute Gasteiger partial charge is 0.118 e. The summed E-state index contributed by atoms with van der Waals surface area (Å²) in [5, 5.41) is 4.51. The molecule has 0 aromatic carbocycles. The molecule has 1 heterocycles. The summed E-state index contributed by atoms with van der Waals surface area (Å²) < 4.78 is 0.571. The molecule has 84 valence electrons. The first-order valence-corrected chi connectivity index (χ1v) is 4.71. The topological polar surface area (TPSA) is 25.2 Å². The Hall–Kier alpha value is -0.490. The third kappa shape index (κ3) is 5.22. The first-order chi connectivity index (χ1) is 6.38. The number of hydrogen-bond donors (Lipinski definition) is 0. The van der Waals surface area contributed by atoms with Crippen LogP contribution in [0.2, 0.25) is 0 Å². The van der Waals surface area contributed by atoms with Crippen LogP contribution in [0.1, 0.15) is 18.3 Å². The van der Waals surface area contributed by atoms with Crippen molar-refractivity contribution in [2.24, 2.45) is 5.10 Å². The summed E-state index contributed by atoms with van der Waals surface area (Å²) in [4.78, 5) is 4.42. The Kier molecular flexibility index (Phi) is 5.37. The summed E-state index contributed by atoms with van der Waals surface area (Å²) in [6, 6.07) is 5.98. The number of halogens is 1. The fraction of sp³-hybridized carbons (Fsp3) is 0.455. The van der Waals surface area contributed by atoms with Gasteiger partial charge in [-0.05, 0) is 26.0 Å². The number of rotatable bonds is 2. The summed E-state index contributed by atoms with van der Waals surface area (Å²) in [7, 11) is 6.08. The van der Waals surface area contributed by atoms with Crippen LogP contribution >= 0.6 is 0 Å². The molecule has 3 nitrogen and oxygen atoms in total. The Labute approximate surface area is 109 Å². The highest BCUT2D eigenvalue weighted by Gasteiger charge is 2.07. The van der Waals surface area contributed by atoms with Gasteiger partial charge in [-0.15, -0.1) is 0 Å². The number of pyridine rings is 1. The molecule has 0 N–H and O–H groups in total. The molecule has 15 heavy (non-hydrogen) atoms. The first kappa shape index (κ1) is 14.5. The van der Waals surface area contributed by atoms with Gasteiger partial charge < -0.3 is 24.0 Å². The Morgan fingerprint density at radius 3 is 2.33 bits per heavy atom. The largest absolute Gasteiger partial charge is 1.00 e. The van der Waals surface area contributed by atoms with E-state index in [4.69, 9.17) is 0 Å². The lowest BCUT2D eigenvalue weighted by molar-refractivity contribution is -0.877. The third-order valence-electron chi connectivity index (χ3n) is 1.71. The van der Waals surface area contributed by atoms with Gasteiger partial charge in [0.15, 0.2) is 0 Å². The van der Waals surface area contributed by atoms with Crippen LogP contribution in [0.5, 0.6) is 0 Å². The number of aromatic nitrogens is 1. The minimum absolute atomic E-state index is 0. The molecule has 0 saturated carbocycles. The van der Waals surface area contributed by atoms with Gasteiger partial charge in [0.25, 0.3) is 0 Å². The van der Waals surface area contributed by atoms with Crippen molar-refractivity contribution in [1.29, 1.82) is 0 Å². The van der Waals surface area contributed by atoms with E-state index < -0.39 is 0 Å². The summed E-state index contributed by atoms with van der Waals surface area (Å²) in [5.74, 6) is 0.